The number of amides is 1. The standard InChI is InChI=1S/C9H17NO4/c1-7(2)6-14-10-8(11)9-12-4-3-5-13-9/h7,9H,3-6H2,1-2H3,(H,10,11). The summed E-state index contributed by atoms with van der Waals surface area (Å²) in [6, 6.07) is 0. The van der Waals surface area contributed by atoms with Crippen molar-refractivity contribution in [3.05, 3.63) is 0 Å². The van der Waals surface area contributed by atoms with E-state index >= 15 is 0 Å². The Bertz CT molecular complexity index is 178. The van der Waals surface area contributed by atoms with Gasteiger partial charge < -0.3 is 9.47 Å². The van der Waals surface area contributed by atoms with E-state index < -0.39 is 6.29 Å². The molecule has 14 heavy (non-hydrogen) atoms. The predicted molar refractivity (Wildman–Crippen MR) is 49.2 cm³/mol. The largest absolute Gasteiger partial charge is 0.344 e. The third kappa shape index (κ3) is 4.04. The maximum absolute atomic E-state index is 11.3. The Balaban J connectivity index is 2.13. The van der Waals surface area contributed by atoms with Gasteiger partial charge in [-0.3, -0.25) is 9.63 Å². The second kappa shape index (κ2) is 5.95. The van der Waals surface area contributed by atoms with Crippen molar-refractivity contribution < 1.29 is 19.1 Å². The van der Waals surface area contributed by atoms with E-state index in [4.69, 9.17) is 14.3 Å². The number of hydroxylamine groups is 1. The fourth-order valence-corrected chi connectivity index (χ4v) is 0.967. The summed E-state index contributed by atoms with van der Waals surface area (Å²) in [5, 5.41) is 0. The average Bonchev–Trinajstić information content (AvgIpc) is 2.18. The fraction of sp³-hybridized carbons (Fsp3) is 0.889. The summed E-state index contributed by atoms with van der Waals surface area (Å²) in [7, 11) is 0. The van der Waals surface area contributed by atoms with Crippen LogP contribution in [0.15, 0.2) is 0 Å². The number of ether oxygens (including phenoxy) is 2. The molecule has 0 unspecified atom stereocenters. The van der Waals surface area contributed by atoms with E-state index in [1.54, 1.807) is 0 Å². The van der Waals surface area contributed by atoms with Gasteiger partial charge in [0.15, 0.2) is 0 Å². The monoisotopic (exact) mass is 203 g/mol. The van der Waals surface area contributed by atoms with E-state index in [1.165, 1.54) is 0 Å². The first-order valence-corrected chi connectivity index (χ1v) is 4.85. The topological polar surface area (TPSA) is 56.8 Å². The first kappa shape index (κ1) is 11.4. The quantitative estimate of drug-likeness (QED) is 0.674. The highest BCUT2D eigenvalue weighted by Crippen LogP contribution is 2.04. The van der Waals surface area contributed by atoms with Gasteiger partial charge >= 0.3 is 0 Å². The van der Waals surface area contributed by atoms with E-state index in [-0.39, 0.29) is 5.91 Å². The molecule has 0 bridgehead atoms. The molecule has 1 rings (SSSR count). The Kier molecular flexibility index (Phi) is 4.86. The first-order chi connectivity index (χ1) is 6.70. The molecule has 0 radical (unpaired) electrons. The fourth-order valence-electron chi connectivity index (χ4n) is 0.967. The number of carbonyl (C=O) groups is 1. The van der Waals surface area contributed by atoms with Crippen LogP contribution in [-0.4, -0.2) is 32.0 Å². The zero-order valence-electron chi connectivity index (χ0n) is 8.62. The maximum atomic E-state index is 11.3. The van der Waals surface area contributed by atoms with E-state index in [9.17, 15) is 4.79 Å². The van der Waals surface area contributed by atoms with Crippen molar-refractivity contribution in [1.82, 2.24) is 5.48 Å². The van der Waals surface area contributed by atoms with E-state index in [1.807, 2.05) is 13.8 Å². The molecule has 1 saturated heterocycles. The van der Waals surface area contributed by atoms with Gasteiger partial charge in [-0.2, -0.15) is 0 Å². The lowest BCUT2D eigenvalue weighted by molar-refractivity contribution is -0.199. The molecule has 1 N–H and O–H groups in total. The Hall–Kier alpha value is -0.650. The van der Waals surface area contributed by atoms with Crippen LogP contribution in [-0.2, 0) is 19.1 Å². The van der Waals surface area contributed by atoms with Crippen molar-refractivity contribution in [2.24, 2.45) is 5.92 Å². The molecule has 0 aromatic carbocycles. The minimum Gasteiger partial charge on any atom is -0.344 e. The summed E-state index contributed by atoms with van der Waals surface area (Å²) in [5.74, 6) is 0.00819. The molecule has 0 atom stereocenters. The van der Waals surface area contributed by atoms with Gasteiger partial charge in [0.25, 0.3) is 5.91 Å². The summed E-state index contributed by atoms with van der Waals surface area (Å²) in [5.41, 5.74) is 2.29. The smallest absolute Gasteiger partial charge is 0.300 e. The highest BCUT2D eigenvalue weighted by Gasteiger charge is 2.22. The van der Waals surface area contributed by atoms with Crippen LogP contribution in [0.25, 0.3) is 0 Å². The minimum absolute atomic E-state index is 0.370. The van der Waals surface area contributed by atoms with Gasteiger partial charge in [-0.25, -0.2) is 5.48 Å². The zero-order chi connectivity index (χ0) is 10.4. The van der Waals surface area contributed by atoms with Gasteiger partial charge in [-0.05, 0) is 12.3 Å². The van der Waals surface area contributed by atoms with Crippen molar-refractivity contribution in [1.29, 1.82) is 0 Å². The zero-order valence-corrected chi connectivity index (χ0v) is 8.62. The van der Waals surface area contributed by atoms with Crippen molar-refractivity contribution in [2.45, 2.75) is 26.6 Å². The molecule has 1 aliphatic rings. The third-order valence-corrected chi connectivity index (χ3v) is 1.63. The number of rotatable bonds is 4. The third-order valence-electron chi connectivity index (χ3n) is 1.63. The van der Waals surface area contributed by atoms with Crippen LogP contribution in [0, 0.1) is 5.92 Å². The highest BCUT2D eigenvalue weighted by molar-refractivity contribution is 5.78. The lowest BCUT2D eigenvalue weighted by Crippen LogP contribution is -2.41. The van der Waals surface area contributed by atoms with Crippen LogP contribution >= 0.6 is 0 Å². The number of hydrogen-bond acceptors (Lipinski definition) is 4. The average molecular weight is 203 g/mol. The minimum atomic E-state index is -0.809. The van der Waals surface area contributed by atoms with Gasteiger partial charge in [-0.1, -0.05) is 13.8 Å². The Morgan fingerprint density at radius 2 is 2.14 bits per heavy atom. The highest BCUT2D eigenvalue weighted by atomic mass is 16.7. The SMILES string of the molecule is CC(C)CONC(=O)C1OCCCO1. The van der Waals surface area contributed by atoms with Crippen molar-refractivity contribution in [3.63, 3.8) is 0 Å². The van der Waals surface area contributed by atoms with Crippen molar-refractivity contribution in [2.75, 3.05) is 19.8 Å². The Labute approximate surface area is 83.7 Å². The molecule has 0 aliphatic carbocycles. The molecule has 5 heteroatoms. The molecular formula is C9H17NO4. The molecule has 1 fully saturated rings. The number of hydrogen-bond donors (Lipinski definition) is 1. The summed E-state index contributed by atoms with van der Waals surface area (Å²) in [6.07, 6.45) is 0.0207. The lowest BCUT2D eigenvalue weighted by Gasteiger charge is -2.21. The van der Waals surface area contributed by atoms with Crippen molar-refractivity contribution >= 4 is 5.91 Å². The summed E-state index contributed by atoms with van der Waals surface area (Å²) >= 11 is 0. The van der Waals surface area contributed by atoms with Crippen molar-refractivity contribution in [3.8, 4) is 0 Å². The Morgan fingerprint density at radius 3 is 2.71 bits per heavy atom. The van der Waals surface area contributed by atoms with E-state index in [0.717, 1.165) is 6.42 Å². The Morgan fingerprint density at radius 1 is 1.50 bits per heavy atom. The normalized spacial score (nSPS) is 18.5. The van der Waals surface area contributed by atoms with Gasteiger partial charge in [-0.15, -0.1) is 0 Å². The van der Waals surface area contributed by atoms with Gasteiger partial charge in [0.1, 0.15) is 0 Å². The summed E-state index contributed by atoms with van der Waals surface area (Å²) < 4.78 is 10.2. The van der Waals surface area contributed by atoms with Crippen LogP contribution in [0.5, 0.6) is 0 Å². The van der Waals surface area contributed by atoms with E-state index in [2.05, 4.69) is 5.48 Å². The predicted octanol–water partition coefficient (Wildman–Crippen LogP) is 0.453. The molecule has 1 aliphatic heterocycles. The molecule has 0 aromatic heterocycles. The lowest BCUT2D eigenvalue weighted by atomic mass is 10.2. The molecule has 82 valence electrons. The van der Waals surface area contributed by atoms with Crippen LogP contribution in [0.4, 0.5) is 0 Å². The summed E-state index contributed by atoms with van der Waals surface area (Å²) in [6.45, 7) is 5.60. The van der Waals surface area contributed by atoms with Crippen LogP contribution < -0.4 is 5.48 Å². The van der Waals surface area contributed by atoms with Gasteiger partial charge in [0, 0.05) is 0 Å². The molecule has 0 spiro atoms. The molecule has 1 heterocycles. The van der Waals surface area contributed by atoms with Crippen LogP contribution in [0.3, 0.4) is 0 Å². The van der Waals surface area contributed by atoms with Gasteiger partial charge in [0.2, 0.25) is 6.29 Å². The molecule has 0 aromatic rings. The van der Waals surface area contributed by atoms with E-state index in [0.29, 0.717) is 25.7 Å². The number of carbonyl (C=O) groups excluding carboxylic acids is 1. The second-order valence-corrected chi connectivity index (χ2v) is 3.60. The number of nitrogens with one attached hydrogen (secondary N) is 1. The maximum Gasteiger partial charge on any atom is 0.300 e. The molecular weight excluding hydrogens is 186 g/mol. The first-order valence-electron chi connectivity index (χ1n) is 4.85. The molecule has 0 saturated carbocycles. The van der Waals surface area contributed by atoms with Crippen LogP contribution in [0.1, 0.15) is 20.3 Å². The molecule has 1 amide bonds. The molecule has 5 nitrogen and oxygen atoms in total. The van der Waals surface area contributed by atoms with Gasteiger partial charge in [0.05, 0.1) is 19.8 Å². The summed E-state index contributed by atoms with van der Waals surface area (Å²) in [4.78, 5) is 16.2. The second-order valence-electron chi connectivity index (χ2n) is 3.60. The van der Waals surface area contributed by atoms with Crippen LogP contribution in [0.2, 0.25) is 0 Å².